The van der Waals surface area contributed by atoms with Gasteiger partial charge in [0.1, 0.15) is 11.5 Å². The Morgan fingerprint density at radius 3 is 2.67 bits per heavy atom. The zero-order valence-electron chi connectivity index (χ0n) is 11.9. The first-order valence-corrected chi connectivity index (χ1v) is 6.77. The fourth-order valence-corrected chi connectivity index (χ4v) is 2.67. The molecule has 1 N–H and O–H groups in total. The number of halogens is 1. The molecule has 0 aliphatic carbocycles. The van der Waals surface area contributed by atoms with Gasteiger partial charge in [0.25, 0.3) is 5.69 Å². The molecule has 0 spiro atoms. The standard InChI is InChI=1S/C14H17FN2O4/c1-8(2)9-3-4-16(7-9)12-5-10(14(18)19)11(15)6-13(12)17(20)21/h5-6,8-9H,3-4,7H2,1-2H3,(H,18,19). The molecular formula is C14H17FN2O4. The number of hydrogen-bond acceptors (Lipinski definition) is 4. The fraction of sp³-hybridized carbons (Fsp3) is 0.500. The van der Waals surface area contributed by atoms with Crippen molar-refractivity contribution < 1.29 is 19.2 Å². The molecule has 114 valence electrons. The van der Waals surface area contributed by atoms with Crippen LogP contribution in [0.2, 0.25) is 0 Å². The van der Waals surface area contributed by atoms with E-state index in [-0.39, 0.29) is 11.4 Å². The van der Waals surface area contributed by atoms with E-state index in [2.05, 4.69) is 13.8 Å². The second kappa shape index (κ2) is 5.67. The molecule has 1 saturated heterocycles. The van der Waals surface area contributed by atoms with Crippen LogP contribution < -0.4 is 4.90 Å². The number of carboxylic acids is 1. The maximum absolute atomic E-state index is 13.6. The number of aromatic carboxylic acids is 1. The molecule has 6 nitrogen and oxygen atoms in total. The molecule has 7 heteroatoms. The predicted octanol–water partition coefficient (Wildman–Crippen LogP) is 2.91. The Labute approximate surface area is 121 Å². The van der Waals surface area contributed by atoms with E-state index < -0.39 is 22.3 Å². The third kappa shape index (κ3) is 2.96. The summed E-state index contributed by atoms with van der Waals surface area (Å²) in [5.41, 5.74) is -0.743. The van der Waals surface area contributed by atoms with Gasteiger partial charge in [-0.25, -0.2) is 9.18 Å². The van der Waals surface area contributed by atoms with Crippen molar-refractivity contribution in [3.05, 3.63) is 33.6 Å². The monoisotopic (exact) mass is 296 g/mol. The van der Waals surface area contributed by atoms with E-state index >= 15 is 0 Å². The van der Waals surface area contributed by atoms with Crippen LogP contribution in [0.15, 0.2) is 12.1 Å². The first-order chi connectivity index (χ1) is 9.81. The third-order valence-electron chi connectivity index (χ3n) is 4.00. The summed E-state index contributed by atoms with van der Waals surface area (Å²) in [5, 5.41) is 20.1. The first kappa shape index (κ1) is 15.2. The topological polar surface area (TPSA) is 83.7 Å². The van der Waals surface area contributed by atoms with E-state index in [0.29, 0.717) is 31.0 Å². The number of anilines is 1. The van der Waals surface area contributed by atoms with Crippen LogP contribution in [-0.4, -0.2) is 29.1 Å². The second-order valence-corrected chi connectivity index (χ2v) is 5.62. The highest BCUT2D eigenvalue weighted by atomic mass is 19.1. The van der Waals surface area contributed by atoms with Gasteiger partial charge in [-0.3, -0.25) is 10.1 Å². The fourth-order valence-electron chi connectivity index (χ4n) is 2.67. The third-order valence-corrected chi connectivity index (χ3v) is 4.00. The number of carbonyl (C=O) groups is 1. The Hall–Kier alpha value is -2.18. The van der Waals surface area contributed by atoms with Gasteiger partial charge in [0, 0.05) is 13.1 Å². The lowest BCUT2D eigenvalue weighted by Gasteiger charge is -2.20. The number of rotatable bonds is 4. The molecule has 1 heterocycles. The molecule has 0 saturated carbocycles. The van der Waals surface area contributed by atoms with Crippen LogP contribution in [0.5, 0.6) is 0 Å². The number of carboxylic acid groups (broad SMARTS) is 1. The molecular weight excluding hydrogens is 279 g/mol. The van der Waals surface area contributed by atoms with Crippen molar-refractivity contribution in [3.8, 4) is 0 Å². The maximum Gasteiger partial charge on any atom is 0.338 e. The van der Waals surface area contributed by atoms with Gasteiger partial charge in [0.05, 0.1) is 16.6 Å². The van der Waals surface area contributed by atoms with E-state index in [1.807, 2.05) is 0 Å². The largest absolute Gasteiger partial charge is 0.478 e. The van der Waals surface area contributed by atoms with Crippen molar-refractivity contribution in [2.45, 2.75) is 20.3 Å². The van der Waals surface area contributed by atoms with Gasteiger partial charge >= 0.3 is 5.97 Å². The van der Waals surface area contributed by atoms with Gasteiger partial charge in [-0.2, -0.15) is 0 Å². The van der Waals surface area contributed by atoms with E-state index in [9.17, 15) is 19.3 Å². The van der Waals surface area contributed by atoms with Gasteiger partial charge in [0.2, 0.25) is 0 Å². The lowest BCUT2D eigenvalue weighted by molar-refractivity contribution is -0.384. The van der Waals surface area contributed by atoms with E-state index in [1.165, 1.54) is 0 Å². The van der Waals surface area contributed by atoms with Crippen molar-refractivity contribution in [2.75, 3.05) is 18.0 Å². The molecule has 2 rings (SSSR count). The van der Waals surface area contributed by atoms with Gasteiger partial charge in [-0.15, -0.1) is 0 Å². The van der Waals surface area contributed by atoms with Crippen molar-refractivity contribution in [2.24, 2.45) is 11.8 Å². The summed E-state index contributed by atoms with van der Waals surface area (Å²) in [6, 6.07) is 1.76. The van der Waals surface area contributed by atoms with Crippen LogP contribution >= 0.6 is 0 Å². The first-order valence-electron chi connectivity index (χ1n) is 6.77. The van der Waals surface area contributed by atoms with Crippen LogP contribution in [0.3, 0.4) is 0 Å². The molecule has 21 heavy (non-hydrogen) atoms. The van der Waals surface area contributed by atoms with Crippen molar-refractivity contribution in [1.29, 1.82) is 0 Å². The Morgan fingerprint density at radius 2 is 2.19 bits per heavy atom. The highest BCUT2D eigenvalue weighted by Crippen LogP contribution is 2.36. The molecule has 0 aromatic heterocycles. The smallest absolute Gasteiger partial charge is 0.338 e. The lowest BCUT2D eigenvalue weighted by Crippen LogP contribution is -2.23. The summed E-state index contributed by atoms with van der Waals surface area (Å²) in [6.45, 7) is 5.38. The van der Waals surface area contributed by atoms with Gasteiger partial charge < -0.3 is 10.0 Å². The average molecular weight is 296 g/mol. The maximum atomic E-state index is 13.6. The highest BCUT2D eigenvalue weighted by molar-refractivity contribution is 5.90. The van der Waals surface area contributed by atoms with Crippen LogP contribution in [0.4, 0.5) is 15.8 Å². The number of nitro benzene ring substituents is 1. The Bertz CT molecular complexity index is 589. The minimum atomic E-state index is -1.43. The Morgan fingerprint density at radius 1 is 1.52 bits per heavy atom. The molecule has 0 amide bonds. The molecule has 1 aliphatic rings. The van der Waals surface area contributed by atoms with Gasteiger partial charge in [-0.05, 0) is 24.3 Å². The van der Waals surface area contributed by atoms with Gasteiger partial charge in [0.15, 0.2) is 0 Å². The van der Waals surface area contributed by atoms with Crippen molar-refractivity contribution in [1.82, 2.24) is 0 Å². The Kier molecular flexibility index (Phi) is 4.11. The van der Waals surface area contributed by atoms with E-state index in [1.54, 1.807) is 4.90 Å². The SMILES string of the molecule is CC(C)C1CCN(c2cc(C(=O)O)c(F)cc2[N+](=O)[O-])C1. The minimum Gasteiger partial charge on any atom is -0.478 e. The summed E-state index contributed by atoms with van der Waals surface area (Å²) in [5.74, 6) is -1.68. The molecule has 1 aromatic rings. The molecule has 1 unspecified atom stereocenters. The number of nitrogens with zero attached hydrogens (tertiary/aromatic N) is 2. The van der Waals surface area contributed by atoms with Crippen molar-refractivity contribution >= 4 is 17.3 Å². The summed E-state index contributed by atoms with van der Waals surface area (Å²) in [6.07, 6.45) is 0.884. The second-order valence-electron chi connectivity index (χ2n) is 5.62. The molecule has 0 radical (unpaired) electrons. The number of benzene rings is 1. The minimum absolute atomic E-state index is 0.182. The van der Waals surface area contributed by atoms with Gasteiger partial charge in [-0.1, -0.05) is 13.8 Å². The van der Waals surface area contributed by atoms with Crippen LogP contribution in [0, 0.1) is 27.8 Å². The number of nitro groups is 1. The summed E-state index contributed by atoms with van der Waals surface area (Å²) < 4.78 is 13.6. The summed E-state index contributed by atoms with van der Waals surface area (Å²) in [4.78, 5) is 23.2. The summed E-state index contributed by atoms with van der Waals surface area (Å²) >= 11 is 0. The summed E-state index contributed by atoms with van der Waals surface area (Å²) in [7, 11) is 0. The molecule has 0 bridgehead atoms. The predicted molar refractivity (Wildman–Crippen MR) is 75.2 cm³/mol. The van der Waals surface area contributed by atoms with E-state index in [0.717, 1.165) is 12.5 Å². The Balaban J connectivity index is 2.44. The molecule has 1 fully saturated rings. The lowest BCUT2D eigenvalue weighted by atomic mass is 9.95. The average Bonchev–Trinajstić information content (AvgIpc) is 2.87. The molecule has 1 aromatic carbocycles. The van der Waals surface area contributed by atoms with E-state index in [4.69, 9.17) is 5.11 Å². The zero-order valence-corrected chi connectivity index (χ0v) is 11.9. The molecule has 1 atom stereocenters. The highest BCUT2D eigenvalue weighted by Gasteiger charge is 2.31. The van der Waals surface area contributed by atoms with Crippen LogP contribution in [-0.2, 0) is 0 Å². The quantitative estimate of drug-likeness (QED) is 0.682. The van der Waals surface area contributed by atoms with Crippen LogP contribution in [0.25, 0.3) is 0 Å². The normalized spacial score (nSPS) is 18.3. The van der Waals surface area contributed by atoms with Crippen LogP contribution in [0.1, 0.15) is 30.6 Å². The molecule has 1 aliphatic heterocycles. The zero-order chi connectivity index (χ0) is 15.7. The number of hydrogen-bond donors (Lipinski definition) is 1. The van der Waals surface area contributed by atoms with Crippen molar-refractivity contribution in [3.63, 3.8) is 0 Å².